The molecule has 28 heavy (non-hydrogen) atoms. The molecule has 0 aliphatic carbocycles. The maximum absolute atomic E-state index is 14.4. The van der Waals surface area contributed by atoms with Crippen LogP contribution in [0.1, 0.15) is 6.92 Å². The Morgan fingerprint density at radius 1 is 1.04 bits per heavy atom. The summed E-state index contributed by atoms with van der Waals surface area (Å²) in [6.45, 7) is 8.08. The van der Waals surface area contributed by atoms with Gasteiger partial charge >= 0.3 is 11.9 Å². The average molecular weight is 386 g/mol. The zero-order valence-electron chi connectivity index (χ0n) is 14.9. The molecule has 0 spiro atoms. The Morgan fingerprint density at radius 2 is 1.79 bits per heavy atom. The summed E-state index contributed by atoms with van der Waals surface area (Å²) in [5.74, 6) is -3.05. The van der Waals surface area contributed by atoms with E-state index >= 15 is 0 Å². The Bertz CT molecular complexity index is 963. The van der Waals surface area contributed by atoms with Crippen molar-refractivity contribution in [3.05, 3.63) is 85.4 Å². The fraction of sp³-hybridized carbons (Fsp3) is 0.0476. The average Bonchev–Trinajstić information content (AvgIpc) is 2.66. The van der Waals surface area contributed by atoms with Crippen molar-refractivity contribution in [2.24, 2.45) is 0 Å². The maximum atomic E-state index is 14.4. The van der Waals surface area contributed by atoms with Gasteiger partial charge in [-0.2, -0.15) is 0 Å². The summed E-state index contributed by atoms with van der Waals surface area (Å²) in [6.07, 6.45) is 3.01. The predicted molar refractivity (Wildman–Crippen MR) is 98.3 cm³/mol. The normalized spacial score (nSPS) is 10.4. The Labute approximate surface area is 160 Å². The van der Waals surface area contributed by atoms with Gasteiger partial charge in [-0.05, 0) is 36.8 Å². The van der Waals surface area contributed by atoms with Crippen LogP contribution in [0.2, 0.25) is 0 Å². The van der Waals surface area contributed by atoms with Gasteiger partial charge < -0.3 is 14.2 Å². The lowest BCUT2D eigenvalue weighted by molar-refractivity contribution is -0.132. The first-order chi connectivity index (χ1) is 13.3. The van der Waals surface area contributed by atoms with Gasteiger partial charge in [0, 0.05) is 23.3 Å². The number of rotatable bonds is 7. The van der Waals surface area contributed by atoms with E-state index in [0.717, 1.165) is 30.7 Å². The summed E-state index contributed by atoms with van der Waals surface area (Å²) in [7, 11) is 0. The highest BCUT2D eigenvalue weighted by Gasteiger charge is 2.13. The largest absolute Gasteiger partial charge is 0.462 e. The van der Waals surface area contributed by atoms with Crippen molar-refractivity contribution in [1.82, 2.24) is 0 Å². The molecule has 144 valence electrons. The molecule has 0 radical (unpaired) electrons. The molecule has 0 amide bonds. The topological polar surface area (TPSA) is 61.8 Å². The first-order valence-corrected chi connectivity index (χ1v) is 7.93. The van der Waals surface area contributed by atoms with Crippen LogP contribution in [0, 0.1) is 11.6 Å². The molecule has 0 heterocycles. The zero-order valence-corrected chi connectivity index (χ0v) is 14.9. The number of ether oxygens (including phenoxy) is 3. The lowest BCUT2D eigenvalue weighted by atomic mass is 10.0. The summed E-state index contributed by atoms with van der Waals surface area (Å²) in [5.41, 5.74) is 0.483. The second-order valence-corrected chi connectivity index (χ2v) is 5.49. The molecule has 7 heteroatoms. The maximum Gasteiger partial charge on any atom is 0.338 e. The molecule has 5 nitrogen and oxygen atoms in total. The number of carbonyl (C=O) groups is 2. The van der Waals surface area contributed by atoms with Crippen molar-refractivity contribution in [3.63, 3.8) is 0 Å². The summed E-state index contributed by atoms with van der Waals surface area (Å²) < 4.78 is 43.0. The van der Waals surface area contributed by atoms with Crippen LogP contribution in [0.4, 0.5) is 8.78 Å². The van der Waals surface area contributed by atoms with Crippen LogP contribution in [0.5, 0.6) is 11.5 Å². The van der Waals surface area contributed by atoms with Gasteiger partial charge in [0.25, 0.3) is 0 Å². The molecule has 0 saturated heterocycles. The fourth-order valence-electron chi connectivity index (χ4n) is 1.99. The van der Waals surface area contributed by atoms with E-state index < -0.39 is 23.6 Å². The van der Waals surface area contributed by atoms with E-state index in [4.69, 9.17) is 9.47 Å². The summed E-state index contributed by atoms with van der Waals surface area (Å²) in [6, 6.07) is 7.62. The minimum Gasteiger partial charge on any atom is -0.462 e. The SMILES string of the molecule is C=CC(=O)O/C=C\Oc1ccc(-c2ccc(OC(=O)C(=C)C)c(F)c2)c(F)c1. The van der Waals surface area contributed by atoms with Crippen molar-refractivity contribution in [1.29, 1.82) is 0 Å². The molecule has 0 bridgehead atoms. The molecule has 0 fully saturated rings. The third-order valence-electron chi connectivity index (χ3n) is 3.35. The van der Waals surface area contributed by atoms with Crippen molar-refractivity contribution in [3.8, 4) is 22.6 Å². The first kappa shape index (κ1) is 20.6. The molecular weight excluding hydrogens is 370 g/mol. The molecular formula is C21H16F2O5. The van der Waals surface area contributed by atoms with Crippen LogP contribution in [0.15, 0.2) is 73.7 Å². The van der Waals surface area contributed by atoms with Crippen molar-refractivity contribution >= 4 is 11.9 Å². The minimum absolute atomic E-state index is 0.117. The van der Waals surface area contributed by atoms with Crippen LogP contribution in [-0.4, -0.2) is 11.9 Å². The molecule has 2 aromatic rings. The highest BCUT2D eigenvalue weighted by atomic mass is 19.1. The number of hydrogen-bond donors (Lipinski definition) is 0. The monoisotopic (exact) mass is 386 g/mol. The number of hydrogen-bond acceptors (Lipinski definition) is 5. The van der Waals surface area contributed by atoms with E-state index in [-0.39, 0.29) is 28.2 Å². The van der Waals surface area contributed by atoms with Crippen molar-refractivity contribution in [2.45, 2.75) is 6.92 Å². The molecule has 0 atom stereocenters. The van der Waals surface area contributed by atoms with Crippen molar-refractivity contribution in [2.75, 3.05) is 0 Å². The van der Waals surface area contributed by atoms with Crippen LogP contribution in [0.25, 0.3) is 11.1 Å². The summed E-state index contributed by atoms with van der Waals surface area (Å²) in [4.78, 5) is 22.3. The molecule has 0 aliphatic rings. The lowest BCUT2D eigenvalue weighted by Gasteiger charge is -2.09. The van der Waals surface area contributed by atoms with E-state index in [1.807, 2.05) is 0 Å². The smallest absolute Gasteiger partial charge is 0.338 e. The fourth-order valence-corrected chi connectivity index (χ4v) is 1.99. The number of carbonyl (C=O) groups excluding carboxylic acids is 2. The van der Waals surface area contributed by atoms with Gasteiger partial charge in [-0.25, -0.2) is 18.4 Å². The second kappa shape index (κ2) is 9.27. The van der Waals surface area contributed by atoms with E-state index in [1.165, 1.54) is 31.2 Å². The van der Waals surface area contributed by atoms with E-state index in [2.05, 4.69) is 17.9 Å². The van der Waals surface area contributed by atoms with Crippen molar-refractivity contribution < 1.29 is 32.6 Å². The van der Waals surface area contributed by atoms with E-state index in [1.54, 1.807) is 0 Å². The van der Waals surface area contributed by atoms with Crippen LogP contribution < -0.4 is 9.47 Å². The van der Waals surface area contributed by atoms with Gasteiger partial charge in [0.1, 0.15) is 24.1 Å². The van der Waals surface area contributed by atoms with Crippen LogP contribution in [-0.2, 0) is 14.3 Å². The minimum atomic E-state index is -0.821. The second-order valence-electron chi connectivity index (χ2n) is 5.49. The Hall–Kier alpha value is -3.74. The predicted octanol–water partition coefficient (Wildman–Crippen LogP) is 4.69. The highest BCUT2D eigenvalue weighted by molar-refractivity contribution is 5.88. The Morgan fingerprint density at radius 3 is 2.39 bits per heavy atom. The standard InChI is InChI=1S/C21H16F2O5/c1-4-20(24)27-10-9-26-15-6-7-16(17(22)12-15)14-5-8-19(18(23)11-14)28-21(25)13(2)3/h4-12H,1-2H2,3H3/b10-9-. The highest BCUT2D eigenvalue weighted by Crippen LogP contribution is 2.30. The molecule has 0 aliphatic heterocycles. The van der Waals surface area contributed by atoms with Crippen LogP contribution in [0.3, 0.4) is 0 Å². The Balaban J connectivity index is 2.14. The number of halogens is 2. The lowest BCUT2D eigenvalue weighted by Crippen LogP contribution is -2.09. The van der Waals surface area contributed by atoms with Gasteiger partial charge in [0.2, 0.25) is 0 Å². The van der Waals surface area contributed by atoms with E-state index in [9.17, 15) is 18.4 Å². The number of benzene rings is 2. The summed E-state index contributed by atoms with van der Waals surface area (Å²) >= 11 is 0. The third-order valence-corrected chi connectivity index (χ3v) is 3.35. The zero-order chi connectivity index (χ0) is 20.7. The quantitative estimate of drug-likeness (QED) is 0.299. The first-order valence-electron chi connectivity index (χ1n) is 7.93. The molecule has 2 rings (SSSR count). The van der Waals surface area contributed by atoms with Gasteiger partial charge in [0.15, 0.2) is 11.6 Å². The van der Waals surface area contributed by atoms with E-state index in [0.29, 0.717) is 0 Å². The number of esters is 2. The van der Waals surface area contributed by atoms with Gasteiger partial charge in [-0.1, -0.05) is 19.2 Å². The molecule has 2 aromatic carbocycles. The Kier molecular flexibility index (Phi) is 6.81. The molecule has 0 aromatic heterocycles. The van der Waals surface area contributed by atoms with Crippen LogP contribution >= 0.6 is 0 Å². The third kappa shape index (κ3) is 5.38. The van der Waals surface area contributed by atoms with Gasteiger partial charge in [-0.15, -0.1) is 0 Å². The van der Waals surface area contributed by atoms with Gasteiger partial charge in [-0.3, -0.25) is 0 Å². The summed E-state index contributed by atoms with van der Waals surface area (Å²) in [5, 5.41) is 0. The molecule has 0 unspecified atom stereocenters. The molecule has 0 saturated carbocycles. The molecule has 0 N–H and O–H groups in total. The van der Waals surface area contributed by atoms with Gasteiger partial charge in [0.05, 0.1) is 0 Å².